The van der Waals surface area contributed by atoms with Gasteiger partial charge in [-0.15, -0.1) is 0 Å². The lowest BCUT2D eigenvalue weighted by Crippen LogP contribution is -2.53. The van der Waals surface area contributed by atoms with Crippen LogP contribution >= 0.6 is 0 Å². The van der Waals surface area contributed by atoms with Gasteiger partial charge in [-0.3, -0.25) is 0 Å². The number of benzene rings is 1. The number of amides is 2. The molecule has 0 bridgehead atoms. The monoisotopic (exact) mass is 418 g/mol. The van der Waals surface area contributed by atoms with Crippen LogP contribution in [-0.4, -0.2) is 52.5 Å². The van der Waals surface area contributed by atoms with Crippen molar-refractivity contribution in [2.45, 2.75) is 65.2 Å². The van der Waals surface area contributed by atoms with Crippen molar-refractivity contribution in [3.63, 3.8) is 0 Å². The summed E-state index contributed by atoms with van der Waals surface area (Å²) in [5.74, 6) is -0.661. The van der Waals surface area contributed by atoms with Crippen molar-refractivity contribution >= 4 is 24.2 Å². The Hall–Kier alpha value is -3.03. The van der Waals surface area contributed by atoms with E-state index in [-0.39, 0.29) is 6.42 Å². The number of hydrogen-bond acceptors (Lipinski definition) is 6. The van der Waals surface area contributed by atoms with E-state index in [2.05, 4.69) is 0 Å². The van der Waals surface area contributed by atoms with Crippen molar-refractivity contribution in [2.24, 2.45) is 0 Å². The van der Waals surface area contributed by atoms with Crippen molar-refractivity contribution in [3.05, 3.63) is 41.6 Å². The Morgan fingerprint density at radius 2 is 1.47 bits per heavy atom. The van der Waals surface area contributed by atoms with E-state index in [1.165, 1.54) is 7.11 Å². The minimum atomic E-state index is -1.06. The maximum atomic E-state index is 13.1. The van der Waals surface area contributed by atoms with Crippen LogP contribution in [0.4, 0.5) is 9.59 Å². The molecular weight excluding hydrogens is 388 g/mol. The molecule has 1 aromatic rings. The number of esters is 1. The van der Waals surface area contributed by atoms with E-state index in [9.17, 15) is 14.4 Å². The predicted octanol–water partition coefficient (Wildman–Crippen LogP) is 4.36. The smallest absolute Gasteiger partial charge is 0.434 e. The van der Waals surface area contributed by atoms with E-state index in [4.69, 9.17) is 14.2 Å². The Kier molecular flexibility index (Phi) is 6.80. The summed E-state index contributed by atoms with van der Waals surface area (Å²) >= 11 is 0. The minimum absolute atomic E-state index is 0.0695. The van der Waals surface area contributed by atoms with E-state index in [0.29, 0.717) is 5.70 Å². The molecule has 1 aromatic carbocycles. The number of carbonyl (C=O) groups excluding carboxylic acids is 3. The third kappa shape index (κ3) is 5.98. The number of nitrogens with zero attached hydrogens (tertiary/aromatic N) is 2. The Morgan fingerprint density at radius 3 is 1.97 bits per heavy atom. The molecule has 1 heterocycles. The maximum absolute atomic E-state index is 13.1. The van der Waals surface area contributed by atoms with Gasteiger partial charge in [0.25, 0.3) is 0 Å². The highest BCUT2D eigenvalue weighted by molar-refractivity contribution is 5.87. The maximum Gasteiger partial charge on any atom is 0.434 e. The molecule has 8 nitrogen and oxygen atoms in total. The molecule has 0 saturated carbocycles. The van der Waals surface area contributed by atoms with Crippen LogP contribution in [0.2, 0.25) is 0 Å². The Balaban J connectivity index is 2.55. The van der Waals surface area contributed by atoms with Crippen molar-refractivity contribution < 1.29 is 28.6 Å². The third-order valence-electron chi connectivity index (χ3n) is 3.94. The third-order valence-corrected chi connectivity index (χ3v) is 3.94. The number of hydrogen-bond donors (Lipinski definition) is 0. The van der Waals surface area contributed by atoms with Crippen LogP contribution in [0.5, 0.6) is 0 Å². The summed E-state index contributed by atoms with van der Waals surface area (Å²) in [5.41, 5.74) is -0.423. The lowest BCUT2D eigenvalue weighted by molar-refractivity contribution is -0.149. The van der Waals surface area contributed by atoms with Gasteiger partial charge in [0.15, 0.2) is 6.04 Å². The summed E-state index contributed by atoms with van der Waals surface area (Å²) in [6, 6.07) is 8.21. The molecule has 2 rings (SSSR count). The molecule has 0 spiro atoms. The number of hydrazine groups is 1. The van der Waals surface area contributed by atoms with Gasteiger partial charge in [0, 0.05) is 6.42 Å². The quantitative estimate of drug-likeness (QED) is 0.524. The lowest BCUT2D eigenvalue weighted by Gasteiger charge is -2.33. The zero-order valence-corrected chi connectivity index (χ0v) is 18.6. The highest BCUT2D eigenvalue weighted by Gasteiger charge is 2.49. The molecule has 8 heteroatoms. The van der Waals surface area contributed by atoms with Crippen LogP contribution in [-0.2, 0) is 19.0 Å². The molecule has 1 saturated heterocycles. The number of carbonyl (C=O) groups is 3. The van der Waals surface area contributed by atoms with Gasteiger partial charge in [0.2, 0.25) is 0 Å². The van der Waals surface area contributed by atoms with Crippen molar-refractivity contribution in [1.29, 1.82) is 0 Å². The predicted molar refractivity (Wildman–Crippen MR) is 111 cm³/mol. The molecule has 164 valence electrons. The SMILES string of the molecule is COC(=O)C1C/C(=C/c2ccccc2)N(C(=O)OC(C)(C)C)N1C(=O)OC(C)(C)C. The van der Waals surface area contributed by atoms with E-state index < -0.39 is 35.4 Å². The van der Waals surface area contributed by atoms with Gasteiger partial charge in [-0.2, -0.15) is 10.0 Å². The summed E-state index contributed by atoms with van der Waals surface area (Å²) < 4.78 is 15.8. The first-order chi connectivity index (χ1) is 13.8. The van der Waals surface area contributed by atoms with Gasteiger partial charge in [0.05, 0.1) is 12.8 Å². The van der Waals surface area contributed by atoms with Crippen molar-refractivity contribution in [3.8, 4) is 0 Å². The lowest BCUT2D eigenvalue weighted by atomic mass is 10.1. The Labute approximate surface area is 177 Å². The fraction of sp³-hybridized carbons (Fsp3) is 0.500. The van der Waals surface area contributed by atoms with Crippen molar-refractivity contribution in [2.75, 3.05) is 7.11 Å². The topological polar surface area (TPSA) is 85.4 Å². The normalized spacial score (nSPS) is 18.4. The minimum Gasteiger partial charge on any atom is -0.467 e. The van der Waals surface area contributed by atoms with Gasteiger partial charge >= 0.3 is 18.2 Å². The van der Waals surface area contributed by atoms with Crippen molar-refractivity contribution in [1.82, 2.24) is 10.0 Å². The standard InChI is InChI=1S/C22H30N2O6/c1-21(2,3)29-19(26)23-16(13-15-11-9-8-10-12-15)14-17(18(25)28-7)24(23)20(27)30-22(4,5)6/h8-13,17H,14H2,1-7H3/b16-13-. The van der Waals surface area contributed by atoms with Crippen LogP contribution in [0.3, 0.4) is 0 Å². The average Bonchev–Trinajstić information content (AvgIpc) is 2.98. The summed E-state index contributed by atoms with van der Waals surface area (Å²) in [4.78, 5) is 38.5. The van der Waals surface area contributed by atoms with Crippen LogP contribution in [0.1, 0.15) is 53.5 Å². The molecule has 1 fully saturated rings. The summed E-state index contributed by atoms with van der Waals surface area (Å²) in [7, 11) is 1.23. The van der Waals surface area contributed by atoms with Gasteiger partial charge in [-0.1, -0.05) is 30.3 Å². The van der Waals surface area contributed by atoms with Crippen LogP contribution < -0.4 is 0 Å². The van der Waals surface area contributed by atoms with E-state index in [0.717, 1.165) is 15.6 Å². The largest absolute Gasteiger partial charge is 0.467 e. The molecule has 1 aliphatic heterocycles. The summed E-state index contributed by atoms with van der Waals surface area (Å²) in [5, 5.41) is 2.04. The Bertz CT molecular complexity index is 820. The second kappa shape index (κ2) is 8.77. The number of ether oxygens (including phenoxy) is 3. The molecule has 0 N–H and O–H groups in total. The molecule has 30 heavy (non-hydrogen) atoms. The first kappa shape index (κ1) is 23.3. The highest BCUT2D eigenvalue weighted by Crippen LogP contribution is 2.33. The molecule has 2 amide bonds. The first-order valence-corrected chi connectivity index (χ1v) is 9.71. The molecular formula is C22H30N2O6. The van der Waals surface area contributed by atoms with E-state index in [1.54, 1.807) is 47.6 Å². The van der Waals surface area contributed by atoms with E-state index in [1.807, 2.05) is 30.3 Å². The van der Waals surface area contributed by atoms with Gasteiger partial charge in [-0.25, -0.2) is 14.4 Å². The fourth-order valence-corrected chi connectivity index (χ4v) is 2.86. The molecule has 0 aromatic heterocycles. The zero-order chi connectivity index (χ0) is 22.7. The second-order valence-corrected chi connectivity index (χ2v) is 8.91. The van der Waals surface area contributed by atoms with Gasteiger partial charge < -0.3 is 14.2 Å². The molecule has 0 aliphatic carbocycles. The average molecular weight is 418 g/mol. The number of rotatable bonds is 2. The molecule has 1 unspecified atom stereocenters. The Morgan fingerprint density at radius 1 is 0.933 bits per heavy atom. The van der Waals surface area contributed by atoms with Crippen LogP contribution in [0, 0.1) is 0 Å². The van der Waals surface area contributed by atoms with Gasteiger partial charge in [0.1, 0.15) is 11.2 Å². The fourth-order valence-electron chi connectivity index (χ4n) is 2.86. The highest BCUT2D eigenvalue weighted by atomic mass is 16.6. The van der Waals surface area contributed by atoms with Crippen LogP contribution in [0.15, 0.2) is 36.0 Å². The molecule has 0 radical (unpaired) electrons. The number of methoxy groups -OCH3 is 1. The summed E-state index contributed by atoms with van der Waals surface area (Å²) in [6.07, 6.45) is 0.159. The molecule has 1 atom stereocenters. The van der Waals surface area contributed by atoms with Crippen LogP contribution in [0.25, 0.3) is 6.08 Å². The first-order valence-electron chi connectivity index (χ1n) is 9.71. The second-order valence-electron chi connectivity index (χ2n) is 8.91. The van der Waals surface area contributed by atoms with Gasteiger partial charge in [-0.05, 0) is 53.2 Å². The van der Waals surface area contributed by atoms with E-state index >= 15 is 0 Å². The zero-order valence-electron chi connectivity index (χ0n) is 18.6. The summed E-state index contributed by atoms with van der Waals surface area (Å²) in [6.45, 7) is 10.3. The molecule has 1 aliphatic rings.